The summed E-state index contributed by atoms with van der Waals surface area (Å²) in [6, 6.07) is 24.2. The zero-order chi connectivity index (χ0) is 24.9. The van der Waals surface area contributed by atoms with Crippen LogP contribution in [-0.4, -0.2) is 41.7 Å². The van der Waals surface area contributed by atoms with E-state index in [4.69, 9.17) is 4.74 Å². The van der Waals surface area contributed by atoms with E-state index in [2.05, 4.69) is 83.7 Å². The molecule has 3 aliphatic carbocycles. The molecule has 0 radical (unpaired) electrons. The lowest BCUT2D eigenvalue weighted by Gasteiger charge is -2.64. The molecule has 0 amide bonds. The first-order valence-corrected chi connectivity index (χ1v) is 13.5. The van der Waals surface area contributed by atoms with Crippen LogP contribution in [-0.2, 0) is 18.3 Å². The summed E-state index contributed by atoms with van der Waals surface area (Å²) in [5.74, 6) is 1.14. The molecule has 2 heterocycles. The van der Waals surface area contributed by atoms with Crippen LogP contribution in [0.4, 0.5) is 0 Å². The van der Waals surface area contributed by atoms with E-state index in [0.717, 1.165) is 37.8 Å². The molecule has 3 aromatic carbocycles. The van der Waals surface area contributed by atoms with Crippen LogP contribution in [0.1, 0.15) is 46.7 Å². The van der Waals surface area contributed by atoms with Gasteiger partial charge in [0.25, 0.3) is 0 Å². The fraction of sp³-hybridized carbons (Fsp3) is 0.333. The lowest BCUT2D eigenvalue weighted by molar-refractivity contribution is -0.0508. The van der Waals surface area contributed by atoms with Crippen LogP contribution in [0.15, 0.2) is 72.3 Å². The smallest absolute Gasteiger partial charge is 0.161 e. The second kappa shape index (κ2) is 7.29. The molecule has 4 bridgehead atoms. The van der Waals surface area contributed by atoms with Crippen molar-refractivity contribution in [3.05, 3.63) is 100 Å². The molecular weight excluding hydrogens is 456 g/mol. The molecular formula is C33H32N2O2. The summed E-state index contributed by atoms with van der Waals surface area (Å²) in [7, 11) is 3.98. The van der Waals surface area contributed by atoms with Gasteiger partial charge in [-0.05, 0) is 68.1 Å². The summed E-state index contributed by atoms with van der Waals surface area (Å²) in [6.07, 6.45) is 6.52. The third-order valence-corrected chi connectivity index (χ3v) is 10.4. The van der Waals surface area contributed by atoms with Crippen molar-refractivity contribution in [1.29, 1.82) is 0 Å². The quantitative estimate of drug-likeness (QED) is 0.354. The summed E-state index contributed by atoms with van der Waals surface area (Å²) in [4.78, 5) is 6.53. The molecule has 1 aliphatic heterocycles. The monoisotopic (exact) mass is 488 g/mol. The Balaban J connectivity index is 1.50. The Labute approximate surface area is 217 Å². The van der Waals surface area contributed by atoms with Gasteiger partial charge in [0.1, 0.15) is 0 Å². The minimum atomic E-state index is -0.176. The van der Waals surface area contributed by atoms with E-state index in [1.807, 2.05) is 6.07 Å². The molecule has 4 aromatic rings. The minimum Gasteiger partial charge on any atom is -0.504 e. The van der Waals surface area contributed by atoms with Crippen LogP contribution < -0.4 is 4.74 Å². The number of hydrogen-bond donors (Lipinski definition) is 2. The highest BCUT2D eigenvalue weighted by atomic mass is 16.5. The Morgan fingerprint density at radius 1 is 1.03 bits per heavy atom. The average molecular weight is 489 g/mol. The number of aromatic amines is 1. The molecule has 1 saturated carbocycles. The molecule has 2 N–H and O–H groups in total. The van der Waals surface area contributed by atoms with Crippen LogP contribution in [0.3, 0.4) is 0 Å². The third-order valence-electron chi connectivity index (χ3n) is 10.4. The molecule has 4 heteroatoms. The van der Waals surface area contributed by atoms with Gasteiger partial charge in [-0.1, -0.05) is 66.2 Å². The van der Waals surface area contributed by atoms with E-state index in [1.165, 1.54) is 38.9 Å². The Bertz CT molecular complexity index is 1600. The van der Waals surface area contributed by atoms with Crippen molar-refractivity contribution in [1.82, 2.24) is 9.88 Å². The number of ether oxygens (including phenoxy) is 1. The van der Waals surface area contributed by atoms with Crippen molar-refractivity contribution in [2.24, 2.45) is 5.41 Å². The Kier molecular flexibility index (Phi) is 4.25. The largest absolute Gasteiger partial charge is 0.504 e. The molecule has 37 heavy (non-hydrogen) atoms. The molecule has 2 fully saturated rings. The lowest BCUT2D eigenvalue weighted by atomic mass is 9.44. The molecule has 0 spiro atoms. The fourth-order valence-corrected chi connectivity index (χ4v) is 9.13. The van der Waals surface area contributed by atoms with Gasteiger partial charge in [-0.25, -0.2) is 0 Å². The highest BCUT2D eigenvalue weighted by Gasteiger charge is 2.73. The number of phenolic OH excluding ortho intramolecular Hbond substituents is 1. The number of fused-ring (bicyclic) bond motifs is 5. The summed E-state index contributed by atoms with van der Waals surface area (Å²) in [6.45, 7) is 1.03. The first-order valence-electron chi connectivity index (χ1n) is 13.5. The number of rotatable bonds is 2. The van der Waals surface area contributed by atoms with Crippen molar-refractivity contribution in [2.45, 2.75) is 43.1 Å². The van der Waals surface area contributed by atoms with Gasteiger partial charge in [0.2, 0.25) is 0 Å². The number of aromatic nitrogens is 1. The summed E-state index contributed by atoms with van der Waals surface area (Å²) in [5.41, 5.74) is 9.09. The minimum absolute atomic E-state index is 0.0140. The van der Waals surface area contributed by atoms with E-state index < -0.39 is 0 Å². The number of likely N-dealkylation sites (tertiary alicyclic amines) is 1. The number of hydrogen-bond acceptors (Lipinski definition) is 3. The average Bonchev–Trinajstić information content (AvgIpc) is 3.36. The lowest BCUT2D eigenvalue weighted by Crippen LogP contribution is -2.67. The molecule has 4 nitrogen and oxygen atoms in total. The van der Waals surface area contributed by atoms with E-state index in [0.29, 0.717) is 17.5 Å². The predicted molar refractivity (Wildman–Crippen MR) is 147 cm³/mol. The number of aromatic hydroxyl groups is 1. The number of H-pyrrole nitrogens is 1. The molecule has 8 rings (SSSR count). The van der Waals surface area contributed by atoms with Gasteiger partial charge in [-0.3, -0.25) is 0 Å². The van der Waals surface area contributed by atoms with Gasteiger partial charge in [-0.2, -0.15) is 0 Å². The van der Waals surface area contributed by atoms with Crippen LogP contribution in [0.2, 0.25) is 0 Å². The van der Waals surface area contributed by atoms with Crippen LogP contribution in [0.25, 0.3) is 17.0 Å². The second-order valence-electron chi connectivity index (χ2n) is 11.7. The van der Waals surface area contributed by atoms with Crippen molar-refractivity contribution in [3.63, 3.8) is 0 Å². The van der Waals surface area contributed by atoms with Crippen LogP contribution in [0, 0.1) is 5.41 Å². The van der Waals surface area contributed by atoms with Gasteiger partial charge in [0, 0.05) is 45.0 Å². The SMILES string of the molecule is COc1ccc2c(c1O)[C@]13CCN(C)C(C2)[C@@]12C/C(=C\c1ccccc1)[C@@H]3c1[nH]c3ccccc3c1C2. The first kappa shape index (κ1) is 21.6. The standard InChI is InChI=1S/C33H32N2O2/c1-35-15-14-33-28-22(16-20-8-4-3-5-9-20)18-32(33,19-24-23-10-6-7-11-25(23)34-30(24)28)27(35)17-21-12-13-26(37-2)31(36)29(21)33/h3-13,16,27-28,34,36H,14-15,17-19H2,1-2H3/b22-16+/t27?,28-,32+,33-/m1/s1. The van der Waals surface area contributed by atoms with Gasteiger partial charge in [-0.15, -0.1) is 0 Å². The van der Waals surface area contributed by atoms with Crippen molar-refractivity contribution < 1.29 is 9.84 Å². The number of para-hydroxylation sites is 1. The number of methoxy groups -OCH3 is 1. The van der Waals surface area contributed by atoms with E-state index in [1.54, 1.807) is 7.11 Å². The molecule has 1 saturated heterocycles. The topological polar surface area (TPSA) is 48.5 Å². The second-order valence-corrected chi connectivity index (χ2v) is 11.7. The highest BCUT2D eigenvalue weighted by Crippen LogP contribution is 2.76. The molecule has 186 valence electrons. The van der Waals surface area contributed by atoms with Crippen LogP contribution >= 0.6 is 0 Å². The van der Waals surface area contributed by atoms with Crippen molar-refractivity contribution in [2.75, 3.05) is 20.7 Å². The summed E-state index contributed by atoms with van der Waals surface area (Å²) in [5, 5.41) is 13.2. The Morgan fingerprint density at radius 2 is 1.84 bits per heavy atom. The first-order chi connectivity index (χ1) is 18.1. The third kappa shape index (κ3) is 2.52. The van der Waals surface area contributed by atoms with Crippen molar-refractivity contribution in [3.8, 4) is 11.5 Å². The highest BCUT2D eigenvalue weighted by molar-refractivity contribution is 5.87. The fourth-order valence-electron chi connectivity index (χ4n) is 9.13. The number of allylic oxidation sites excluding steroid dienone is 1. The maximum Gasteiger partial charge on any atom is 0.161 e. The number of piperidine rings is 1. The zero-order valence-electron chi connectivity index (χ0n) is 21.4. The zero-order valence-corrected chi connectivity index (χ0v) is 21.4. The number of phenols is 1. The predicted octanol–water partition coefficient (Wildman–Crippen LogP) is 6.19. The van der Waals surface area contributed by atoms with Crippen molar-refractivity contribution >= 4 is 17.0 Å². The maximum atomic E-state index is 11.8. The van der Waals surface area contributed by atoms with Gasteiger partial charge >= 0.3 is 0 Å². The summed E-state index contributed by atoms with van der Waals surface area (Å²) >= 11 is 0. The number of likely N-dealkylation sites (N-methyl/N-ethyl adjacent to an activating group) is 1. The van der Waals surface area contributed by atoms with Gasteiger partial charge in [0.05, 0.1) is 7.11 Å². The number of benzene rings is 3. The number of nitrogens with one attached hydrogen (secondary N) is 1. The molecule has 1 unspecified atom stereocenters. The Hall–Kier alpha value is -3.50. The van der Waals surface area contributed by atoms with E-state index >= 15 is 0 Å². The van der Waals surface area contributed by atoms with Gasteiger partial charge in [0.15, 0.2) is 11.5 Å². The van der Waals surface area contributed by atoms with E-state index in [9.17, 15) is 5.11 Å². The normalized spacial score (nSPS) is 30.7. The number of nitrogens with zero attached hydrogens (tertiary/aromatic N) is 1. The molecule has 4 aliphatic rings. The van der Waals surface area contributed by atoms with Crippen LogP contribution in [0.5, 0.6) is 11.5 Å². The summed E-state index contributed by atoms with van der Waals surface area (Å²) < 4.78 is 5.69. The van der Waals surface area contributed by atoms with Gasteiger partial charge < -0.3 is 19.7 Å². The molecule has 4 atom stereocenters. The molecule has 1 aromatic heterocycles. The Morgan fingerprint density at radius 3 is 2.68 bits per heavy atom. The maximum absolute atomic E-state index is 11.8. The van der Waals surface area contributed by atoms with E-state index in [-0.39, 0.29) is 16.7 Å².